The molecule has 1 aromatic heterocycles. The van der Waals surface area contributed by atoms with Crippen molar-refractivity contribution in [3.05, 3.63) is 36.4 Å². The third kappa shape index (κ3) is 4.29. The number of aromatic nitrogens is 1. The smallest absolute Gasteiger partial charge is 0.421 e. The molecular weight excluding hydrogens is 354 g/mol. The van der Waals surface area contributed by atoms with Crippen molar-refractivity contribution in [1.29, 1.82) is 0 Å². The molecule has 0 fully saturated rings. The molecule has 2 rings (SSSR count). The molecule has 0 aliphatic rings. The Morgan fingerprint density at radius 3 is 2.11 bits per heavy atom. The molecule has 5 heteroatoms. The minimum atomic E-state index is -2.19. The second kappa shape index (κ2) is 6.86. The van der Waals surface area contributed by atoms with Crippen molar-refractivity contribution < 1.29 is 14.0 Å². The Morgan fingerprint density at radius 1 is 1.07 bits per heavy atom. The molecule has 0 atom stereocenters. The molecule has 0 saturated carbocycles. The number of carbonyl (C=O) groups is 1. The first-order chi connectivity index (χ1) is 12.2. The number of allylic oxidation sites excluding steroid dienone is 1. The first kappa shape index (κ1) is 21.3. The lowest BCUT2D eigenvalue weighted by Gasteiger charge is -2.37. The van der Waals surface area contributed by atoms with Gasteiger partial charge in [-0.15, -0.1) is 0 Å². The van der Waals surface area contributed by atoms with Gasteiger partial charge in [0.2, 0.25) is 0 Å². The zero-order valence-electron chi connectivity index (χ0n) is 18.2. The predicted octanol–water partition coefficient (Wildman–Crippen LogP) is 6.84. The fourth-order valence-electron chi connectivity index (χ4n) is 2.61. The van der Waals surface area contributed by atoms with E-state index in [9.17, 15) is 4.79 Å². The van der Waals surface area contributed by atoms with Gasteiger partial charge in [-0.1, -0.05) is 45.5 Å². The van der Waals surface area contributed by atoms with Crippen LogP contribution in [0.2, 0.25) is 18.1 Å². The summed E-state index contributed by atoms with van der Waals surface area (Å²) >= 11 is 0. The number of fused-ring (bicyclic) bond motifs is 1. The summed E-state index contributed by atoms with van der Waals surface area (Å²) in [5.41, 5.74) is 1.92. The number of nitrogens with zero attached hydrogens (tertiary/aromatic N) is 1. The van der Waals surface area contributed by atoms with E-state index < -0.39 is 20.0 Å². The first-order valence-corrected chi connectivity index (χ1v) is 12.3. The highest BCUT2D eigenvalue weighted by Crippen LogP contribution is 2.43. The monoisotopic (exact) mass is 387 g/mol. The Balaban J connectivity index is 2.79. The summed E-state index contributed by atoms with van der Waals surface area (Å²) in [6, 6.07) is 7.80. The van der Waals surface area contributed by atoms with Crippen LogP contribution in [0.25, 0.3) is 16.5 Å². The van der Waals surface area contributed by atoms with Crippen LogP contribution in [0.4, 0.5) is 4.79 Å². The molecular formula is C22H33NO3Si. The van der Waals surface area contributed by atoms with Gasteiger partial charge in [-0.3, -0.25) is 0 Å². The fourth-order valence-corrected chi connectivity index (χ4v) is 3.59. The molecule has 0 spiro atoms. The van der Waals surface area contributed by atoms with Crippen LogP contribution in [0.15, 0.2) is 30.8 Å². The zero-order chi connectivity index (χ0) is 20.8. The molecule has 0 N–H and O–H groups in total. The molecule has 0 radical (unpaired) electrons. The van der Waals surface area contributed by atoms with Gasteiger partial charge < -0.3 is 9.16 Å². The van der Waals surface area contributed by atoms with Crippen molar-refractivity contribution in [3.63, 3.8) is 0 Å². The molecule has 1 aromatic carbocycles. The second-order valence-corrected chi connectivity index (χ2v) is 14.4. The predicted molar refractivity (Wildman–Crippen MR) is 116 cm³/mol. The summed E-state index contributed by atoms with van der Waals surface area (Å²) in [7, 11) is -2.19. The van der Waals surface area contributed by atoms with E-state index in [2.05, 4.69) is 40.4 Å². The number of hydrogen-bond donors (Lipinski definition) is 0. The highest BCUT2D eigenvalue weighted by atomic mass is 28.4. The van der Waals surface area contributed by atoms with Gasteiger partial charge in [-0.05, 0) is 57.5 Å². The van der Waals surface area contributed by atoms with Crippen molar-refractivity contribution in [2.24, 2.45) is 0 Å². The maximum absolute atomic E-state index is 13.1. The molecule has 0 unspecified atom stereocenters. The van der Waals surface area contributed by atoms with Crippen LogP contribution in [0.5, 0.6) is 5.88 Å². The van der Waals surface area contributed by atoms with Crippen molar-refractivity contribution in [3.8, 4) is 5.88 Å². The average molecular weight is 388 g/mol. The summed E-state index contributed by atoms with van der Waals surface area (Å²) in [5.74, 6) is 0.546. The average Bonchev–Trinajstić information content (AvgIpc) is 2.77. The van der Waals surface area contributed by atoms with Crippen LogP contribution in [0.3, 0.4) is 0 Å². The third-order valence-electron chi connectivity index (χ3n) is 4.99. The maximum atomic E-state index is 13.1. The summed E-state index contributed by atoms with van der Waals surface area (Å²) in [6.45, 7) is 22.6. The Bertz CT molecular complexity index is 879. The summed E-state index contributed by atoms with van der Waals surface area (Å²) < 4.78 is 13.9. The van der Waals surface area contributed by atoms with Gasteiger partial charge in [-0.25, -0.2) is 9.36 Å². The van der Waals surface area contributed by atoms with Gasteiger partial charge in [0.15, 0.2) is 5.88 Å². The van der Waals surface area contributed by atoms with Gasteiger partial charge in [0, 0.05) is 10.9 Å². The van der Waals surface area contributed by atoms with Crippen LogP contribution in [0, 0.1) is 0 Å². The van der Waals surface area contributed by atoms with E-state index >= 15 is 0 Å². The Labute approximate surface area is 164 Å². The molecule has 0 saturated heterocycles. The topological polar surface area (TPSA) is 40.5 Å². The molecule has 148 valence electrons. The summed E-state index contributed by atoms with van der Waals surface area (Å²) in [4.78, 5) is 13.1. The van der Waals surface area contributed by atoms with Crippen molar-refractivity contribution >= 4 is 30.9 Å². The van der Waals surface area contributed by atoms with E-state index in [0.717, 1.165) is 22.0 Å². The van der Waals surface area contributed by atoms with Crippen molar-refractivity contribution in [2.75, 3.05) is 0 Å². The van der Waals surface area contributed by atoms with Gasteiger partial charge in [0.25, 0.3) is 8.32 Å². The quantitative estimate of drug-likeness (QED) is 0.541. The molecule has 27 heavy (non-hydrogen) atoms. The number of hydrogen-bond acceptors (Lipinski definition) is 3. The number of rotatable bonds is 3. The number of carbonyl (C=O) groups excluding carboxylic acids is 1. The van der Waals surface area contributed by atoms with Gasteiger partial charge in [0.1, 0.15) is 5.60 Å². The standard InChI is InChI=1S/C22H33NO3Si/c1-15(2)18-16-13-11-12-14-17(16)23(20(24)25-21(3,4)5)19(18)26-27(9,10)22(6,7)8/h11-14H,1H2,2-10H3. The normalized spacial score (nSPS) is 12.9. The molecule has 2 aromatic rings. The Kier molecular flexibility index (Phi) is 5.41. The number of ether oxygens (including phenoxy) is 1. The van der Waals surface area contributed by atoms with E-state index in [1.165, 1.54) is 0 Å². The van der Waals surface area contributed by atoms with Gasteiger partial charge in [0.05, 0.1) is 5.52 Å². The number of benzene rings is 1. The second-order valence-electron chi connectivity index (χ2n) is 9.66. The molecule has 0 aliphatic carbocycles. The minimum Gasteiger partial charge on any atom is -0.531 e. The summed E-state index contributed by atoms with van der Waals surface area (Å²) in [5, 5.41) is 0.943. The minimum absolute atomic E-state index is 0.00540. The molecule has 1 heterocycles. The largest absolute Gasteiger partial charge is 0.531 e. The van der Waals surface area contributed by atoms with E-state index in [1.807, 2.05) is 52.0 Å². The number of para-hydroxylation sites is 1. The van der Waals surface area contributed by atoms with Gasteiger partial charge in [-0.2, -0.15) is 0 Å². The Morgan fingerprint density at radius 2 is 1.63 bits per heavy atom. The third-order valence-corrected chi connectivity index (χ3v) is 9.31. The maximum Gasteiger partial charge on any atom is 0.421 e. The first-order valence-electron chi connectivity index (χ1n) is 9.37. The van der Waals surface area contributed by atoms with Gasteiger partial charge >= 0.3 is 6.09 Å². The van der Waals surface area contributed by atoms with Crippen LogP contribution >= 0.6 is 0 Å². The van der Waals surface area contributed by atoms with Crippen LogP contribution < -0.4 is 4.43 Å². The summed E-state index contributed by atoms with van der Waals surface area (Å²) in [6.07, 6.45) is -0.431. The van der Waals surface area contributed by atoms with Crippen LogP contribution in [0.1, 0.15) is 54.0 Å². The SMILES string of the molecule is C=C(C)c1c(O[Si](C)(C)C(C)(C)C)n(C(=O)OC(C)(C)C)c2ccccc12. The van der Waals surface area contributed by atoms with Crippen LogP contribution in [-0.2, 0) is 4.74 Å². The lowest BCUT2D eigenvalue weighted by molar-refractivity contribution is 0.0536. The highest BCUT2D eigenvalue weighted by molar-refractivity contribution is 6.74. The lowest BCUT2D eigenvalue weighted by atomic mass is 10.1. The molecule has 0 bridgehead atoms. The Hall–Kier alpha value is -2.01. The van der Waals surface area contributed by atoms with E-state index in [0.29, 0.717) is 5.88 Å². The van der Waals surface area contributed by atoms with E-state index in [1.54, 1.807) is 4.57 Å². The van der Waals surface area contributed by atoms with Crippen molar-refractivity contribution in [1.82, 2.24) is 4.57 Å². The molecule has 4 nitrogen and oxygen atoms in total. The highest BCUT2D eigenvalue weighted by Gasteiger charge is 2.41. The van der Waals surface area contributed by atoms with E-state index in [4.69, 9.17) is 9.16 Å². The zero-order valence-corrected chi connectivity index (χ0v) is 19.2. The lowest BCUT2D eigenvalue weighted by Crippen LogP contribution is -2.45. The molecule has 0 aliphatic heterocycles. The molecule has 0 amide bonds. The van der Waals surface area contributed by atoms with Crippen LogP contribution in [-0.4, -0.2) is 24.6 Å². The fraction of sp³-hybridized carbons (Fsp3) is 0.500. The van der Waals surface area contributed by atoms with E-state index in [-0.39, 0.29) is 5.04 Å². The van der Waals surface area contributed by atoms with Crippen molar-refractivity contribution in [2.45, 2.75) is 72.2 Å².